The molecule has 0 bridgehead atoms. The number of esters is 1. The van der Waals surface area contributed by atoms with E-state index in [1.807, 2.05) is 22.6 Å². The molecule has 88 valence electrons. The van der Waals surface area contributed by atoms with Crippen molar-refractivity contribution < 1.29 is 9.53 Å². The second-order valence-electron chi connectivity index (χ2n) is 3.01. The summed E-state index contributed by atoms with van der Waals surface area (Å²) >= 11 is 1.86. The number of aromatic nitrogens is 2. The zero-order valence-electron chi connectivity index (χ0n) is 8.91. The highest BCUT2D eigenvalue weighted by atomic mass is 127. The summed E-state index contributed by atoms with van der Waals surface area (Å²) in [5.74, 6) is 0.00489. The van der Waals surface area contributed by atoms with Gasteiger partial charge < -0.3 is 15.0 Å². The number of hydrogen-bond acceptors (Lipinski definition) is 5. The second-order valence-corrected chi connectivity index (χ2v) is 4.09. The van der Waals surface area contributed by atoms with E-state index < -0.39 is 6.04 Å². The van der Waals surface area contributed by atoms with Crippen LogP contribution in [0.2, 0.25) is 0 Å². The minimum Gasteiger partial charge on any atom is -0.464 e. The van der Waals surface area contributed by atoms with Gasteiger partial charge in [0, 0.05) is 0 Å². The van der Waals surface area contributed by atoms with Gasteiger partial charge in [0.1, 0.15) is 15.4 Å². The van der Waals surface area contributed by atoms with E-state index in [9.17, 15) is 9.59 Å². The van der Waals surface area contributed by atoms with Gasteiger partial charge in [-0.05, 0) is 36.4 Å². The molecule has 1 rings (SSSR count). The van der Waals surface area contributed by atoms with Gasteiger partial charge in [0.05, 0.1) is 12.9 Å². The van der Waals surface area contributed by atoms with Crippen molar-refractivity contribution in [2.45, 2.75) is 19.9 Å². The number of H-pyrrole nitrogens is 1. The molecular formula is C9H12IN3O3. The van der Waals surface area contributed by atoms with Crippen LogP contribution < -0.4 is 10.9 Å². The minimum absolute atomic E-state index is 0.242. The number of carbonyl (C=O) groups excluding carboxylic acids is 1. The summed E-state index contributed by atoms with van der Waals surface area (Å²) in [4.78, 5) is 29.0. The predicted molar refractivity (Wildman–Crippen MR) is 67.3 cm³/mol. The molecule has 1 heterocycles. The number of aromatic amines is 1. The van der Waals surface area contributed by atoms with E-state index in [-0.39, 0.29) is 11.5 Å². The Morgan fingerprint density at radius 1 is 1.75 bits per heavy atom. The van der Waals surface area contributed by atoms with Gasteiger partial charge in [-0.2, -0.15) is 0 Å². The van der Waals surface area contributed by atoms with Gasteiger partial charge in [0.2, 0.25) is 0 Å². The first-order valence-corrected chi connectivity index (χ1v) is 5.80. The van der Waals surface area contributed by atoms with Gasteiger partial charge in [-0.1, -0.05) is 0 Å². The Balaban J connectivity index is 2.77. The summed E-state index contributed by atoms with van der Waals surface area (Å²) in [6, 6.07) is -0.539. The van der Waals surface area contributed by atoms with E-state index in [4.69, 9.17) is 4.74 Å². The summed E-state index contributed by atoms with van der Waals surface area (Å²) in [6.45, 7) is 3.71. The van der Waals surface area contributed by atoms with E-state index >= 15 is 0 Å². The van der Waals surface area contributed by atoms with Crippen LogP contribution in [0.1, 0.15) is 13.8 Å². The number of rotatable bonds is 4. The lowest BCUT2D eigenvalue weighted by molar-refractivity contribution is -0.143. The van der Waals surface area contributed by atoms with Crippen molar-refractivity contribution in [3.8, 4) is 0 Å². The molecule has 1 aromatic heterocycles. The SMILES string of the molecule is CCOC(=O)C(C)Nc1nc[nH]c(=O)c1I. The first-order chi connectivity index (χ1) is 7.56. The Morgan fingerprint density at radius 3 is 3.06 bits per heavy atom. The molecule has 2 N–H and O–H groups in total. The third-order valence-corrected chi connectivity index (χ3v) is 2.79. The highest BCUT2D eigenvalue weighted by Gasteiger charge is 2.16. The van der Waals surface area contributed by atoms with Crippen molar-refractivity contribution in [2.75, 3.05) is 11.9 Å². The zero-order chi connectivity index (χ0) is 12.1. The Bertz CT molecular complexity index is 432. The summed E-state index contributed by atoms with van der Waals surface area (Å²) in [6.07, 6.45) is 1.28. The predicted octanol–water partition coefficient (Wildman–Crippen LogP) is 0.738. The average Bonchev–Trinajstić information content (AvgIpc) is 2.25. The number of halogens is 1. The van der Waals surface area contributed by atoms with Crippen LogP contribution in [0.15, 0.2) is 11.1 Å². The maximum Gasteiger partial charge on any atom is 0.328 e. The Kier molecular flexibility index (Phi) is 4.71. The number of anilines is 1. The molecule has 0 aliphatic heterocycles. The zero-order valence-corrected chi connectivity index (χ0v) is 11.1. The number of nitrogens with zero attached hydrogens (tertiary/aromatic N) is 1. The first-order valence-electron chi connectivity index (χ1n) is 4.72. The van der Waals surface area contributed by atoms with Crippen LogP contribution in [0, 0.1) is 3.57 Å². The van der Waals surface area contributed by atoms with Crippen molar-refractivity contribution in [1.29, 1.82) is 0 Å². The van der Waals surface area contributed by atoms with Crippen LogP contribution in [0.4, 0.5) is 5.82 Å². The van der Waals surface area contributed by atoms with Crippen LogP contribution in [0.3, 0.4) is 0 Å². The van der Waals surface area contributed by atoms with Gasteiger partial charge in [-0.25, -0.2) is 9.78 Å². The summed E-state index contributed by atoms with van der Waals surface area (Å²) in [7, 11) is 0. The van der Waals surface area contributed by atoms with Crippen molar-refractivity contribution >= 4 is 34.4 Å². The normalized spacial score (nSPS) is 11.9. The molecule has 0 aliphatic carbocycles. The lowest BCUT2D eigenvalue weighted by Crippen LogP contribution is -2.30. The number of ether oxygens (including phenoxy) is 1. The van der Waals surface area contributed by atoms with Gasteiger partial charge in [0.15, 0.2) is 0 Å². The summed E-state index contributed by atoms with van der Waals surface area (Å²) < 4.78 is 5.24. The molecule has 6 nitrogen and oxygen atoms in total. The molecule has 0 aliphatic rings. The van der Waals surface area contributed by atoms with E-state index in [0.29, 0.717) is 16.0 Å². The first kappa shape index (κ1) is 12.9. The van der Waals surface area contributed by atoms with Gasteiger partial charge in [-0.3, -0.25) is 4.79 Å². The fourth-order valence-electron chi connectivity index (χ4n) is 1.01. The van der Waals surface area contributed by atoms with Crippen LogP contribution in [-0.2, 0) is 9.53 Å². The number of carbonyl (C=O) groups is 1. The lowest BCUT2D eigenvalue weighted by Gasteiger charge is -2.13. The quantitative estimate of drug-likeness (QED) is 0.625. The highest BCUT2D eigenvalue weighted by molar-refractivity contribution is 14.1. The van der Waals surface area contributed by atoms with Gasteiger partial charge in [-0.15, -0.1) is 0 Å². The van der Waals surface area contributed by atoms with Crippen LogP contribution in [0.25, 0.3) is 0 Å². The number of nitrogens with one attached hydrogen (secondary N) is 2. The van der Waals surface area contributed by atoms with E-state index in [1.165, 1.54) is 6.33 Å². The Morgan fingerprint density at radius 2 is 2.44 bits per heavy atom. The molecular weight excluding hydrogens is 325 g/mol. The minimum atomic E-state index is -0.539. The topological polar surface area (TPSA) is 84.1 Å². The van der Waals surface area contributed by atoms with E-state index in [2.05, 4.69) is 15.3 Å². The maximum absolute atomic E-state index is 11.3. The monoisotopic (exact) mass is 337 g/mol. The summed E-state index contributed by atoms with van der Waals surface area (Å²) in [5, 5.41) is 2.82. The molecule has 0 amide bonds. The highest BCUT2D eigenvalue weighted by Crippen LogP contribution is 2.10. The molecule has 1 unspecified atom stereocenters. The second kappa shape index (κ2) is 5.83. The summed E-state index contributed by atoms with van der Waals surface area (Å²) in [5.41, 5.74) is -0.242. The molecule has 16 heavy (non-hydrogen) atoms. The molecule has 7 heteroatoms. The maximum atomic E-state index is 11.3. The van der Waals surface area contributed by atoms with Crippen molar-refractivity contribution in [2.24, 2.45) is 0 Å². The lowest BCUT2D eigenvalue weighted by atomic mass is 10.3. The number of hydrogen-bond donors (Lipinski definition) is 2. The third kappa shape index (κ3) is 3.19. The fourth-order valence-corrected chi connectivity index (χ4v) is 1.47. The molecule has 1 aromatic rings. The molecule has 0 saturated carbocycles. The standard InChI is InChI=1S/C9H12IN3O3/c1-3-16-9(15)5(2)13-7-6(10)8(14)12-4-11-7/h4-5H,3H2,1-2H3,(H2,11,12,13,14). The van der Waals surface area contributed by atoms with Gasteiger partial charge >= 0.3 is 5.97 Å². The molecule has 1 atom stereocenters. The Labute approximate surface area is 106 Å². The van der Waals surface area contributed by atoms with Crippen LogP contribution in [0.5, 0.6) is 0 Å². The average molecular weight is 337 g/mol. The molecule has 0 saturated heterocycles. The van der Waals surface area contributed by atoms with Gasteiger partial charge in [0.25, 0.3) is 5.56 Å². The molecule has 0 fully saturated rings. The third-order valence-electron chi connectivity index (χ3n) is 1.79. The van der Waals surface area contributed by atoms with Crippen molar-refractivity contribution in [3.63, 3.8) is 0 Å². The van der Waals surface area contributed by atoms with E-state index in [1.54, 1.807) is 13.8 Å². The van der Waals surface area contributed by atoms with Crippen LogP contribution in [-0.4, -0.2) is 28.6 Å². The largest absolute Gasteiger partial charge is 0.464 e. The van der Waals surface area contributed by atoms with Crippen LogP contribution >= 0.6 is 22.6 Å². The van der Waals surface area contributed by atoms with Crippen molar-refractivity contribution in [1.82, 2.24) is 9.97 Å². The molecule has 0 radical (unpaired) electrons. The molecule has 0 spiro atoms. The smallest absolute Gasteiger partial charge is 0.328 e. The molecule has 0 aromatic carbocycles. The Hall–Kier alpha value is -1.12. The van der Waals surface area contributed by atoms with Crippen molar-refractivity contribution in [3.05, 3.63) is 20.3 Å². The fraction of sp³-hybridized carbons (Fsp3) is 0.444. The van der Waals surface area contributed by atoms with E-state index in [0.717, 1.165) is 0 Å².